The Morgan fingerprint density at radius 3 is 3.14 bits per heavy atom. The van der Waals surface area contributed by atoms with Crippen LogP contribution in [0, 0.1) is 0 Å². The van der Waals surface area contributed by atoms with Crippen LogP contribution in [0.5, 0.6) is 0 Å². The Labute approximate surface area is 126 Å². The highest BCUT2D eigenvalue weighted by Crippen LogP contribution is 2.19. The molecule has 1 aromatic carbocycles. The van der Waals surface area contributed by atoms with E-state index in [4.69, 9.17) is 9.26 Å². The molecule has 0 aliphatic rings. The summed E-state index contributed by atoms with van der Waals surface area (Å²) in [5, 5.41) is 7.60. The number of ether oxygens (including phenoxy) is 1. The Morgan fingerprint density at radius 2 is 2.27 bits per heavy atom. The van der Waals surface area contributed by atoms with E-state index in [0.717, 1.165) is 16.5 Å². The van der Waals surface area contributed by atoms with Gasteiger partial charge in [0, 0.05) is 37.2 Å². The summed E-state index contributed by atoms with van der Waals surface area (Å²) < 4.78 is 9.85. The molecular formula is C15H16N4O3. The van der Waals surface area contributed by atoms with Crippen LogP contribution in [0.4, 0.5) is 0 Å². The van der Waals surface area contributed by atoms with Crippen molar-refractivity contribution in [2.45, 2.75) is 6.42 Å². The molecular weight excluding hydrogens is 284 g/mol. The molecule has 114 valence electrons. The number of H-pyrrole nitrogens is 1. The molecule has 0 saturated heterocycles. The molecule has 1 amide bonds. The van der Waals surface area contributed by atoms with Crippen LogP contribution in [-0.2, 0) is 11.2 Å². The highest BCUT2D eigenvalue weighted by Gasteiger charge is 2.15. The Kier molecular flexibility index (Phi) is 4.15. The van der Waals surface area contributed by atoms with Crippen LogP contribution < -0.4 is 5.32 Å². The van der Waals surface area contributed by atoms with Gasteiger partial charge in [0.25, 0.3) is 0 Å². The molecule has 2 N–H and O–H groups in total. The number of aromatic amines is 1. The second-order valence-electron chi connectivity index (χ2n) is 4.80. The first kappa shape index (κ1) is 14.3. The number of nitrogens with one attached hydrogen (secondary N) is 2. The molecule has 0 aliphatic carbocycles. The molecule has 3 rings (SSSR count). The molecule has 7 heteroatoms. The number of hydrogen-bond donors (Lipinski definition) is 2. The van der Waals surface area contributed by atoms with Gasteiger partial charge in [-0.25, -0.2) is 0 Å². The number of carbonyl (C=O) groups excluding carboxylic acids is 1. The lowest BCUT2D eigenvalue weighted by Gasteiger charge is -1.99. The van der Waals surface area contributed by atoms with Crippen molar-refractivity contribution in [3.8, 4) is 0 Å². The molecule has 22 heavy (non-hydrogen) atoms. The molecule has 7 nitrogen and oxygen atoms in total. The maximum Gasteiger partial charge on any atom is 0.315 e. The average Bonchev–Trinajstić information content (AvgIpc) is 3.16. The predicted octanol–water partition coefficient (Wildman–Crippen LogP) is 1.52. The lowest BCUT2D eigenvalue weighted by atomic mass is 10.1. The highest BCUT2D eigenvalue weighted by molar-refractivity contribution is 5.89. The Hall–Kier alpha value is -2.67. The maximum atomic E-state index is 11.8. The summed E-state index contributed by atoms with van der Waals surface area (Å²) in [6, 6.07) is 7.98. The lowest BCUT2D eigenvalue weighted by Crippen LogP contribution is -2.27. The van der Waals surface area contributed by atoms with Gasteiger partial charge in [-0.15, -0.1) is 0 Å². The quantitative estimate of drug-likeness (QED) is 0.673. The molecule has 3 aromatic rings. The third kappa shape index (κ3) is 2.99. The van der Waals surface area contributed by atoms with E-state index in [2.05, 4.69) is 20.4 Å². The van der Waals surface area contributed by atoms with Crippen LogP contribution in [0.1, 0.15) is 22.1 Å². The summed E-state index contributed by atoms with van der Waals surface area (Å²) in [6.45, 7) is 0.831. The molecule has 0 saturated carbocycles. The van der Waals surface area contributed by atoms with Gasteiger partial charge in [-0.05, 0) is 11.6 Å². The minimum Gasteiger partial charge on any atom is -0.383 e. The smallest absolute Gasteiger partial charge is 0.315 e. The summed E-state index contributed by atoms with van der Waals surface area (Å²) >= 11 is 0. The number of benzene rings is 1. The standard InChI is InChI=1S/C15H16N4O3/c1-21-7-6-16-14(20)15-18-13(19-22-15)8-10-9-17-12-5-3-2-4-11(10)12/h2-5,9,17H,6-8H2,1H3,(H,16,20). The number of fused-ring (bicyclic) bond motifs is 1. The Bertz CT molecular complexity index is 778. The first-order chi connectivity index (χ1) is 10.8. The van der Waals surface area contributed by atoms with Gasteiger partial charge in [-0.3, -0.25) is 4.79 Å². The Balaban J connectivity index is 1.70. The van der Waals surface area contributed by atoms with Crippen molar-refractivity contribution in [2.75, 3.05) is 20.3 Å². The van der Waals surface area contributed by atoms with E-state index in [1.54, 1.807) is 7.11 Å². The van der Waals surface area contributed by atoms with Crippen LogP contribution in [0.15, 0.2) is 35.0 Å². The summed E-state index contributed by atoms with van der Waals surface area (Å²) in [4.78, 5) is 19.1. The molecule has 2 heterocycles. The first-order valence-electron chi connectivity index (χ1n) is 6.92. The van der Waals surface area contributed by atoms with Crippen LogP contribution in [-0.4, -0.2) is 41.3 Å². The zero-order valence-electron chi connectivity index (χ0n) is 12.1. The SMILES string of the molecule is COCCNC(=O)c1nc(Cc2c[nH]c3ccccc23)no1. The molecule has 0 atom stereocenters. The monoisotopic (exact) mass is 300 g/mol. The number of amides is 1. The van der Waals surface area contributed by atoms with Crippen LogP contribution in [0.25, 0.3) is 10.9 Å². The fourth-order valence-electron chi connectivity index (χ4n) is 2.21. The number of nitrogens with zero attached hydrogens (tertiary/aromatic N) is 2. The normalized spacial score (nSPS) is 11.0. The molecule has 0 bridgehead atoms. The molecule has 0 radical (unpaired) electrons. The van der Waals surface area contributed by atoms with Crippen molar-refractivity contribution < 1.29 is 14.1 Å². The van der Waals surface area contributed by atoms with Crippen molar-refractivity contribution >= 4 is 16.8 Å². The van der Waals surface area contributed by atoms with E-state index in [-0.39, 0.29) is 5.89 Å². The summed E-state index contributed by atoms with van der Waals surface area (Å²) in [6.07, 6.45) is 2.41. The minimum absolute atomic E-state index is 0.0362. The van der Waals surface area contributed by atoms with Crippen LogP contribution >= 0.6 is 0 Å². The predicted molar refractivity (Wildman–Crippen MR) is 79.6 cm³/mol. The third-order valence-corrected chi connectivity index (χ3v) is 3.28. The number of aromatic nitrogens is 3. The number of rotatable bonds is 6. The zero-order chi connectivity index (χ0) is 15.4. The maximum absolute atomic E-state index is 11.8. The van der Waals surface area contributed by atoms with E-state index < -0.39 is 5.91 Å². The molecule has 0 unspecified atom stereocenters. The third-order valence-electron chi connectivity index (χ3n) is 3.28. The van der Waals surface area contributed by atoms with Crippen molar-refractivity contribution in [2.24, 2.45) is 0 Å². The lowest BCUT2D eigenvalue weighted by molar-refractivity contribution is 0.0893. The fourth-order valence-corrected chi connectivity index (χ4v) is 2.21. The van der Waals surface area contributed by atoms with Crippen molar-refractivity contribution in [1.82, 2.24) is 20.4 Å². The van der Waals surface area contributed by atoms with Gasteiger partial charge in [-0.1, -0.05) is 23.4 Å². The van der Waals surface area contributed by atoms with Gasteiger partial charge in [0.1, 0.15) is 0 Å². The van der Waals surface area contributed by atoms with E-state index in [1.165, 1.54) is 0 Å². The van der Waals surface area contributed by atoms with Crippen LogP contribution in [0.2, 0.25) is 0 Å². The number of para-hydroxylation sites is 1. The van der Waals surface area contributed by atoms with Crippen molar-refractivity contribution in [3.05, 3.63) is 47.7 Å². The number of carbonyl (C=O) groups is 1. The minimum atomic E-state index is -0.394. The molecule has 0 fully saturated rings. The average molecular weight is 300 g/mol. The first-order valence-corrected chi connectivity index (χ1v) is 6.92. The van der Waals surface area contributed by atoms with E-state index in [9.17, 15) is 4.79 Å². The van der Waals surface area contributed by atoms with Gasteiger partial charge in [0.15, 0.2) is 5.82 Å². The van der Waals surface area contributed by atoms with E-state index in [0.29, 0.717) is 25.4 Å². The largest absolute Gasteiger partial charge is 0.383 e. The van der Waals surface area contributed by atoms with E-state index >= 15 is 0 Å². The van der Waals surface area contributed by atoms with Gasteiger partial charge in [-0.2, -0.15) is 4.98 Å². The Morgan fingerprint density at radius 1 is 1.41 bits per heavy atom. The molecule has 0 aliphatic heterocycles. The highest BCUT2D eigenvalue weighted by atomic mass is 16.5. The topological polar surface area (TPSA) is 93.0 Å². The summed E-state index contributed by atoms with van der Waals surface area (Å²) in [7, 11) is 1.57. The van der Waals surface area contributed by atoms with Gasteiger partial charge >= 0.3 is 11.8 Å². The summed E-state index contributed by atoms with van der Waals surface area (Å²) in [5.74, 6) is 0.0438. The van der Waals surface area contributed by atoms with E-state index in [1.807, 2.05) is 30.5 Å². The summed E-state index contributed by atoms with van der Waals surface area (Å²) in [5.41, 5.74) is 2.11. The second kappa shape index (κ2) is 6.40. The van der Waals surface area contributed by atoms with Crippen molar-refractivity contribution in [3.63, 3.8) is 0 Å². The molecule has 2 aromatic heterocycles. The fraction of sp³-hybridized carbons (Fsp3) is 0.267. The van der Waals surface area contributed by atoms with Gasteiger partial charge in [0.2, 0.25) is 0 Å². The van der Waals surface area contributed by atoms with Crippen molar-refractivity contribution in [1.29, 1.82) is 0 Å². The number of methoxy groups -OCH3 is 1. The zero-order valence-corrected chi connectivity index (χ0v) is 12.1. The van der Waals surface area contributed by atoms with Gasteiger partial charge in [0.05, 0.1) is 6.61 Å². The second-order valence-corrected chi connectivity index (χ2v) is 4.80. The van der Waals surface area contributed by atoms with Gasteiger partial charge < -0.3 is 19.6 Å². The molecule has 0 spiro atoms. The van der Waals surface area contributed by atoms with Crippen LogP contribution in [0.3, 0.4) is 0 Å². The number of hydrogen-bond acceptors (Lipinski definition) is 5.